The number of carbonyl (C=O) groups is 2. The maximum atomic E-state index is 12.9. The normalized spacial score (nSPS) is 24.8. The van der Waals surface area contributed by atoms with Crippen LogP contribution in [0.3, 0.4) is 0 Å². The number of hydrogen-bond acceptors (Lipinski definition) is 7. The molecule has 2 aromatic rings. The maximum absolute atomic E-state index is 12.9. The number of carbonyl (C=O) groups excluding carboxylic acids is 2. The predicted octanol–water partition coefficient (Wildman–Crippen LogP) is 0.931. The summed E-state index contributed by atoms with van der Waals surface area (Å²) in [7, 11) is 0. The Labute approximate surface area is 154 Å². The van der Waals surface area contributed by atoms with Gasteiger partial charge in [-0.2, -0.15) is 0 Å². The molecule has 6 N–H and O–H groups in total. The van der Waals surface area contributed by atoms with Gasteiger partial charge in [-0.1, -0.05) is 24.3 Å². The van der Waals surface area contributed by atoms with Crippen molar-refractivity contribution < 1.29 is 30.0 Å². The van der Waals surface area contributed by atoms with Crippen LogP contribution in [0.5, 0.6) is 11.5 Å². The third-order valence-electron chi connectivity index (χ3n) is 5.70. The van der Waals surface area contributed by atoms with Gasteiger partial charge in [0, 0.05) is 27.8 Å². The summed E-state index contributed by atoms with van der Waals surface area (Å²) < 4.78 is 0. The Bertz CT molecular complexity index is 1010. The number of ketones is 2. The van der Waals surface area contributed by atoms with Crippen LogP contribution in [0.25, 0.3) is 0 Å². The molecule has 0 fully saturated rings. The van der Waals surface area contributed by atoms with Gasteiger partial charge < -0.3 is 26.2 Å². The molecule has 1 unspecified atom stereocenters. The highest BCUT2D eigenvalue weighted by atomic mass is 16.3. The van der Waals surface area contributed by atoms with E-state index >= 15 is 0 Å². The molecule has 0 spiro atoms. The Kier molecular flexibility index (Phi) is 3.68. The minimum Gasteiger partial charge on any atom is -0.507 e. The average Bonchev–Trinajstić information content (AvgIpc) is 2.62. The second-order valence-corrected chi connectivity index (χ2v) is 7.35. The summed E-state index contributed by atoms with van der Waals surface area (Å²) in [6.45, 7) is 1.47. The summed E-state index contributed by atoms with van der Waals surface area (Å²) in [5, 5.41) is 42.1. The standard InChI is InChI=1S/C20H19NO6/c1-8(22)20(21)6-11-13(12(23)7-20)19(27)15-14(18(11)26)16(24)9-4-2-3-5-10(9)17(15)25/h2-5,8,12,22-23,26-27H,6-7,21H2,1H3/t8?,12-,20-/m0/s1. The van der Waals surface area contributed by atoms with Crippen molar-refractivity contribution in [1.29, 1.82) is 0 Å². The Morgan fingerprint density at radius 1 is 1.07 bits per heavy atom. The van der Waals surface area contributed by atoms with E-state index in [9.17, 15) is 30.0 Å². The average molecular weight is 369 g/mol. The molecule has 140 valence electrons. The van der Waals surface area contributed by atoms with Crippen LogP contribution >= 0.6 is 0 Å². The molecule has 7 heteroatoms. The van der Waals surface area contributed by atoms with Gasteiger partial charge in [-0.15, -0.1) is 0 Å². The molecule has 0 aliphatic heterocycles. The SMILES string of the molecule is CC(O)[C@]1(N)Cc2c(O)c3c(c(O)c2[C@@H](O)C1)C(=O)c1ccccc1C3=O. The number of aliphatic hydroxyl groups is 2. The van der Waals surface area contributed by atoms with Gasteiger partial charge in [0.2, 0.25) is 0 Å². The quantitative estimate of drug-likeness (QED) is 0.402. The summed E-state index contributed by atoms with van der Waals surface area (Å²) in [6.07, 6.45) is -2.43. The molecule has 2 aliphatic carbocycles. The number of phenolic OH excluding ortho intramolecular Hbond substituents is 2. The molecule has 0 bridgehead atoms. The Hall–Kier alpha value is -2.74. The van der Waals surface area contributed by atoms with Crippen molar-refractivity contribution in [3.05, 3.63) is 57.6 Å². The molecule has 2 aliphatic rings. The van der Waals surface area contributed by atoms with Crippen LogP contribution in [-0.2, 0) is 6.42 Å². The van der Waals surface area contributed by atoms with Crippen LogP contribution in [0, 0.1) is 0 Å². The first kappa shape index (κ1) is 17.7. The van der Waals surface area contributed by atoms with Crippen LogP contribution in [0.4, 0.5) is 0 Å². The second-order valence-electron chi connectivity index (χ2n) is 7.35. The van der Waals surface area contributed by atoms with Crippen molar-refractivity contribution in [2.75, 3.05) is 0 Å². The van der Waals surface area contributed by atoms with E-state index in [1.54, 1.807) is 12.1 Å². The molecule has 0 amide bonds. The molecule has 7 nitrogen and oxygen atoms in total. The Morgan fingerprint density at radius 3 is 2.11 bits per heavy atom. The highest BCUT2D eigenvalue weighted by molar-refractivity contribution is 6.30. The zero-order valence-electron chi connectivity index (χ0n) is 14.6. The lowest BCUT2D eigenvalue weighted by atomic mass is 9.70. The van der Waals surface area contributed by atoms with Gasteiger partial charge in [-0.3, -0.25) is 9.59 Å². The van der Waals surface area contributed by atoms with Gasteiger partial charge in [0.25, 0.3) is 0 Å². The smallest absolute Gasteiger partial charge is 0.198 e. The van der Waals surface area contributed by atoms with Gasteiger partial charge in [0.1, 0.15) is 11.5 Å². The molecule has 0 saturated carbocycles. The topological polar surface area (TPSA) is 141 Å². The lowest BCUT2D eigenvalue weighted by Crippen LogP contribution is -2.54. The zero-order valence-corrected chi connectivity index (χ0v) is 14.6. The number of benzene rings is 2. The number of rotatable bonds is 1. The highest BCUT2D eigenvalue weighted by Crippen LogP contribution is 2.50. The van der Waals surface area contributed by atoms with E-state index in [2.05, 4.69) is 0 Å². The van der Waals surface area contributed by atoms with Gasteiger partial charge in [-0.05, 0) is 19.8 Å². The maximum Gasteiger partial charge on any atom is 0.198 e. The third kappa shape index (κ3) is 2.26. The molecule has 4 rings (SSSR count). The van der Waals surface area contributed by atoms with E-state index in [0.29, 0.717) is 0 Å². The first-order valence-corrected chi connectivity index (χ1v) is 8.61. The van der Waals surface area contributed by atoms with Gasteiger partial charge in [0.05, 0.1) is 23.3 Å². The van der Waals surface area contributed by atoms with E-state index in [1.165, 1.54) is 19.1 Å². The fraction of sp³-hybridized carbons (Fsp3) is 0.300. The Balaban J connectivity index is 2.02. The zero-order chi connectivity index (χ0) is 19.7. The second kappa shape index (κ2) is 5.63. The van der Waals surface area contributed by atoms with E-state index in [-0.39, 0.29) is 46.2 Å². The van der Waals surface area contributed by atoms with Crippen molar-refractivity contribution in [3.63, 3.8) is 0 Å². The van der Waals surface area contributed by atoms with Crippen LogP contribution in [0.1, 0.15) is 62.4 Å². The molecular formula is C20H19NO6. The number of fused-ring (bicyclic) bond motifs is 3. The van der Waals surface area contributed by atoms with E-state index in [4.69, 9.17) is 5.73 Å². The highest BCUT2D eigenvalue weighted by Gasteiger charge is 2.45. The first-order valence-electron chi connectivity index (χ1n) is 8.61. The van der Waals surface area contributed by atoms with Crippen molar-refractivity contribution in [2.45, 2.75) is 37.5 Å². The third-order valence-corrected chi connectivity index (χ3v) is 5.70. The molecule has 27 heavy (non-hydrogen) atoms. The molecule has 0 aromatic heterocycles. The summed E-state index contributed by atoms with van der Waals surface area (Å²) >= 11 is 0. The lowest BCUT2D eigenvalue weighted by molar-refractivity contribution is 0.0386. The Morgan fingerprint density at radius 2 is 1.59 bits per heavy atom. The van der Waals surface area contributed by atoms with Crippen LogP contribution in [-0.4, -0.2) is 43.6 Å². The first-order chi connectivity index (χ1) is 12.7. The van der Waals surface area contributed by atoms with Crippen molar-refractivity contribution in [2.24, 2.45) is 5.73 Å². The summed E-state index contributed by atoms with van der Waals surface area (Å²) in [5.41, 5.74) is 4.66. The number of aromatic hydroxyl groups is 2. The monoisotopic (exact) mass is 369 g/mol. The number of nitrogens with two attached hydrogens (primary N) is 1. The van der Waals surface area contributed by atoms with Crippen molar-refractivity contribution in [3.8, 4) is 11.5 Å². The molecule has 2 aromatic carbocycles. The lowest BCUT2D eigenvalue weighted by Gasteiger charge is -2.40. The van der Waals surface area contributed by atoms with E-state index < -0.39 is 40.8 Å². The van der Waals surface area contributed by atoms with Crippen LogP contribution in [0.2, 0.25) is 0 Å². The molecule has 3 atom stereocenters. The fourth-order valence-electron chi connectivity index (χ4n) is 4.10. The van der Waals surface area contributed by atoms with Crippen molar-refractivity contribution in [1.82, 2.24) is 0 Å². The molecule has 0 heterocycles. The van der Waals surface area contributed by atoms with Gasteiger partial charge >= 0.3 is 0 Å². The number of hydrogen-bond donors (Lipinski definition) is 5. The van der Waals surface area contributed by atoms with Crippen LogP contribution < -0.4 is 5.73 Å². The number of phenols is 2. The van der Waals surface area contributed by atoms with Gasteiger partial charge in [-0.25, -0.2) is 0 Å². The summed E-state index contributed by atoms with van der Waals surface area (Å²) in [6, 6.07) is 6.16. The number of aliphatic hydroxyl groups excluding tert-OH is 2. The summed E-state index contributed by atoms with van der Waals surface area (Å²) in [5.74, 6) is -2.19. The molecular weight excluding hydrogens is 350 g/mol. The van der Waals surface area contributed by atoms with E-state index in [0.717, 1.165) is 0 Å². The van der Waals surface area contributed by atoms with E-state index in [1.807, 2.05) is 0 Å². The van der Waals surface area contributed by atoms with Crippen LogP contribution in [0.15, 0.2) is 24.3 Å². The predicted molar refractivity (Wildman–Crippen MR) is 95.0 cm³/mol. The minimum atomic E-state index is -1.30. The molecule has 0 saturated heterocycles. The largest absolute Gasteiger partial charge is 0.507 e. The molecule has 0 radical (unpaired) electrons. The van der Waals surface area contributed by atoms with Crippen molar-refractivity contribution >= 4 is 11.6 Å². The summed E-state index contributed by atoms with van der Waals surface area (Å²) in [4.78, 5) is 25.8. The van der Waals surface area contributed by atoms with Gasteiger partial charge in [0.15, 0.2) is 11.6 Å². The minimum absolute atomic E-state index is 0.0199. The fourth-order valence-corrected chi connectivity index (χ4v) is 4.10.